The summed E-state index contributed by atoms with van der Waals surface area (Å²) < 4.78 is 18.8. The fourth-order valence-corrected chi connectivity index (χ4v) is 5.75. The zero-order valence-electron chi connectivity index (χ0n) is 19.4. The molecule has 0 radical (unpaired) electrons. The lowest BCUT2D eigenvalue weighted by atomic mass is 10.1. The molecule has 1 atom stereocenters. The normalized spacial score (nSPS) is 17.4. The highest BCUT2D eigenvalue weighted by Gasteiger charge is 2.31. The van der Waals surface area contributed by atoms with Crippen LogP contribution in [0.4, 0.5) is 28.8 Å². The molecule has 10 heteroatoms. The van der Waals surface area contributed by atoms with Crippen molar-refractivity contribution in [1.29, 1.82) is 0 Å². The van der Waals surface area contributed by atoms with Crippen LogP contribution in [0.5, 0.6) is 5.75 Å². The Kier molecular flexibility index (Phi) is 6.15. The first-order valence-corrected chi connectivity index (χ1v) is 14.2. The first kappa shape index (κ1) is 23.0. The molecule has 0 spiro atoms. The fraction of sp³-hybridized carbons (Fsp3) is 0.333. The minimum Gasteiger partial charge on any atom is -0.489 e. The van der Waals surface area contributed by atoms with Crippen LogP contribution in [-0.2, 0) is 4.57 Å². The Morgan fingerprint density at radius 1 is 1.24 bits per heavy atom. The van der Waals surface area contributed by atoms with Crippen molar-refractivity contribution < 1.29 is 9.30 Å². The summed E-state index contributed by atoms with van der Waals surface area (Å²) in [4.78, 5) is 11.4. The van der Waals surface area contributed by atoms with Gasteiger partial charge in [0.15, 0.2) is 5.82 Å². The van der Waals surface area contributed by atoms with Gasteiger partial charge in [-0.15, -0.1) is 0 Å². The molecule has 34 heavy (non-hydrogen) atoms. The molecule has 2 aliphatic heterocycles. The van der Waals surface area contributed by atoms with E-state index in [-0.39, 0.29) is 0 Å². The summed E-state index contributed by atoms with van der Waals surface area (Å²) in [6.45, 7) is 9.02. The van der Waals surface area contributed by atoms with E-state index in [4.69, 9.17) is 16.3 Å². The number of benzene rings is 2. The summed E-state index contributed by atoms with van der Waals surface area (Å²) in [5.41, 5.74) is 3.73. The Labute approximate surface area is 204 Å². The van der Waals surface area contributed by atoms with Crippen LogP contribution in [0, 0.1) is 6.92 Å². The van der Waals surface area contributed by atoms with E-state index in [2.05, 4.69) is 36.9 Å². The van der Waals surface area contributed by atoms with Gasteiger partial charge in [0.25, 0.3) is 0 Å². The lowest BCUT2D eigenvalue weighted by Gasteiger charge is -2.42. The molecule has 3 heterocycles. The number of halogens is 1. The van der Waals surface area contributed by atoms with Crippen LogP contribution in [-0.4, -0.2) is 55.6 Å². The highest BCUT2D eigenvalue weighted by Crippen LogP contribution is 2.41. The number of piperazine rings is 1. The van der Waals surface area contributed by atoms with Gasteiger partial charge in [-0.2, -0.15) is 4.98 Å². The predicted molar refractivity (Wildman–Crippen MR) is 140 cm³/mol. The first-order valence-electron chi connectivity index (χ1n) is 11.3. The zero-order valence-corrected chi connectivity index (χ0v) is 21.1. The van der Waals surface area contributed by atoms with Crippen molar-refractivity contribution in [3.8, 4) is 5.75 Å². The van der Waals surface area contributed by atoms with Crippen LogP contribution >= 0.6 is 18.7 Å². The maximum atomic E-state index is 12.7. The molecule has 3 N–H and O–H groups in total. The van der Waals surface area contributed by atoms with E-state index in [9.17, 15) is 4.57 Å². The van der Waals surface area contributed by atoms with Gasteiger partial charge in [0, 0.05) is 30.6 Å². The average molecular weight is 499 g/mol. The Hall–Kier alpha value is -2.80. The third-order valence-corrected chi connectivity index (χ3v) is 7.90. The Bertz CT molecular complexity index is 1280. The molecule has 178 valence electrons. The molecular formula is C24H28ClN6O2P. The summed E-state index contributed by atoms with van der Waals surface area (Å²) >= 11 is 6.40. The molecule has 0 unspecified atom stereocenters. The minimum atomic E-state index is -2.49. The summed E-state index contributed by atoms with van der Waals surface area (Å²) in [7, 11) is -2.49. The first-order chi connectivity index (χ1) is 16.3. The number of nitrogens with one attached hydrogen (secondary N) is 3. The molecular weight excluding hydrogens is 471 g/mol. The van der Waals surface area contributed by atoms with Gasteiger partial charge in [0.2, 0.25) is 5.95 Å². The van der Waals surface area contributed by atoms with Gasteiger partial charge < -0.3 is 30.2 Å². The number of aromatic nitrogens is 2. The maximum Gasteiger partial charge on any atom is 0.229 e. The number of para-hydroxylation sites is 1. The van der Waals surface area contributed by atoms with Crippen LogP contribution in [0.15, 0.2) is 42.6 Å². The number of rotatable bonds is 5. The molecule has 5 rings (SSSR count). The van der Waals surface area contributed by atoms with Gasteiger partial charge in [-0.25, -0.2) is 4.98 Å². The Morgan fingerprint density at radius 2 is 2.06 bits per heavy atom. The highest BCUT2D eigenvalue weighted by molar-refractivity contribution is 7.70. The monoisotopic (exact) mass is 498 g/mol. The van der Waals surface area contributed by atoms with Crippen LogP contribution in [0.2, 0.25) is 5.02 Å². The average Bonchev–Trinajstić information content (AvgIpc) is 2.81. The van der Waals surface area contributed by atoms with Crippen LogP contribution in [0.25, 0.3) is 0 Å². The van der Waals surface area contributed by atoms with Crippen molar-refractivity contribution in [2.75, 3.05) is 55.1 Å². The molecule has 0 bridgehead atoms. The molecule has 2 aliphatic rings. The van der Waals surface area contributed by atoms with E-state index in [1.54, 1.807) is 19.5 Å². The zero-order chi connectivity index (χ0) is 23.9. The van der Waals surface area contributed by atoms with Gasteiger partial charge >= 0.3 is 0 Å². The quantitative estimate of drug-likeness (QED) is 0.447. The Balaban J connectivity index is 1.43. The standard InChI is InChI=1S/C24H28ClN6O2P/c1-15-10-16(11-20-22(15)33-14-17-12-26-8-9-31(17)20)28-24-27-13-18(25)23(30-24)29-19-6-4-5-7-21(19)34(2,3)32/h4-7,10-11,13,17,26H,8-9,12,14H2,1-3H3,(H2,27,28,29,30)/t17-/m1/s1. The maximum absolute atomic E-state index is 12.7. The van der Waals surface area contributed by atoms with Gasteiger partial charge in [-0.05, 0) is 50.1 Å². The van der Waals surface area contributed by atoms with E-state index in [1.807, 2.05) is 37.3 Å². The molecule has 2 aromatic carbocycles. The van der Waals surface area contributed by atoms with Crippen LogP contribution < -0.4 is 30.9 Å². The van der Waals surface area contributed by atoms with Gasteiger partial charge in [-0.1, -0.05) is 23.7 Å². The van der Waals surface area contributed by atoms with Crippen molar-refractivity contribution in [2.45, 2.75) is 13.0 Å². The molecule has 0 amide bonds. The lowest BCUT2D eigenvalue weighted by Crippen LogP contribution is -2.55. The summed E-state index contributed by atoms with van der Waals surface area (Å²) in [5.74, 6) is 1.79. The second-order valence-electron chi connectivity index (χ2n) is 9.01. The van der Waals surface area contributed by atoms with Crippen LogP contribution in [0.3, 0.4) is 0 Å². The molecule has 0 aliphatic carbocycles. The van der Waals surface area contributed by atoms with Crippen molar-refractivity contribution in [2.24, 2.45) is 0 Å². The van der Waals surface area contributed by atoms with Crippen molar-refractivity contribution in [3.05, 3.63) is 53.2 Å². The topological polar surface area (TPSA) is 91.4 Å². The molecule has 1 saturated heterocycles. The minimum absolute atomic E-state index is 0.326. The number of fused-ring (bicyclic) bond motifs is 3. The molecule has 8 nitrogen and oxygen atoms in total. The van der Waals surface area contributed by atoms with E-state index < -0.39 is 7.14 Å². The second kappa shape index (κ2) is 9.10. The summed E-state index contributed by atoms with van der Waals surface area (Å²) in [6, 6.07) is 11.9. The van der Waals surface area contributed by atoms with Gasteiger partial charge in [0.05, 0.1) is 23.6 Å². The molecule has 3 aromatic rings. The number of hydrogen-bond donors (Lipinski definition) is 3. The number of anilines is 5. The number of nitrogens with zero attached hydrogens (tertiary/aromatic N) is 3. The largest absolute Gasteiger partial charge is 0.489 e. The van der Waals surface area contributed by atoms with Gasteiger partial charge in [0.1, 0.15) is 24.5 Å². The SMILES string of the molecule is Cc1cc(Nc2ncc(Cl)c(Nc3ccccc3P(C)(C)=O)n2)cc2c1OC[C@H]1CNCCN21. The summed E-state index contributed by atoms with van der Waals surface area (Å²) in [6.07, 6.45) is 1.56. The number of ether oxygens (including phenoxy) is 1. The third kappa shape index (κ3) is 4.58. The van der Waals surface area contributed by atoms with E-state index in [1.165, 1.54) is 0 Å². The number of hydrogen-bond acceptors (Lipinski definition) is 8. The number of aryl methyl sites for hydroxylation is 1. The Morgan fingerprint density at radius 3 is 2.88 bits per heavy atom. The van der Waals surface area contributed by atoms with Crippen molar-refractivity contribution in [1.82, 2.24) is 15.3 Å². The predicted octanol–water partition coefficient (Wildman–Crippen LogP) is 4.34. The van der Waals surface area contributed by atoms with E-state index in [0.29, 0.717) is 35.1 Å². The fourth-order valence-electron chi connectivity index (χ4n) is 4.46. The van der Waals surface area contributed by atoms with Crippen molar-refractivity contribution >= 4 is 52.9 Å². The van der Waals surface area contributed by atoms with Crippen molar-refractivity contribution in [3.63, 3.8) is 0 Å². The smallest absolute Gasteiger partial charge is 0.229 e. The molecule has 0 saturated carbocycles. The summed E-state index contributed by atoms with van der Waals surface area (Å²) in [5, 5.41) is 11.1. The third-order valence-electron chi connectivity index (χ3n) is 6.07. The highest BCUT2D eigenvalue weighted by atomic mass is 35.5. The molecule has 1 aromatic heterocycles. The lowest BCUT2D eigenvalue weighted by molar-refractivity contribution is 0.245. The van der Waals surface area contributed by atoms with Crippen LogP contribution in [0.1, 0.15) is 5.56 Å². The van der Waals surface area contributed by atoms with E-state index in [0.717, 1.165) is 47.6 Å². The second-order valence-corrected chi connectivity index (χ2v) is 12.6. The van der Waals surface area contributed by atoms with Gasteiger partial charge in [-0.3, -0.25) is 0 Å². The molecule has 1 fully saturated rings. The van der Waals surface area contributed by atoms with E-state index >= 15 is 0 Å².